The Balaban J connectivity index is 2.03. The van der Waals surface area contributed by atoms with Gasteiger partial charge >= 0.3 is 0 Å². The van der Waals surface area contributed by atoms with Gasteiger partial charge in [-0.15, -0.1) is 0 Å². The molecule has 0 aliphatic rings. The molecule has 0 fully saturated rings. The summed E-state index contributed by atoms with van der Waals surface area (Å²) in [4.78, 5) is 16.1. The Labute approximate surface area is 134 Å². The van der Waals surface area contributed by atoms with Gasteiger partial charge in [-0.25, -0.2) is 0 Å². The number of rotatable bonds is 2. The summed E-state index contributed by atoms with van der Waals surface area (Å²) in [6.07, 6.45) is 1.83. The van der Waals surface area contributed by atoms with E-state index in [9.17, 15) is 4.79 Å². The molecule has 0 atom stereocenters. The Kier molecular flexibility index (Phi) is 3.16. The van der Waals surface area contributed by atoms with Crippen LogP contribution >= 0.6 is 0 Å². The fraction of sp³-hybridized carbons (Fsp3) is 0.0476. The van der Waals surface area contributed by atoms with Gasteiger partial charge in [-0.1, -0.05) is 60.7 Å². The van der Waals surface area contributed by atoms with Crippen LogP contribution < -0.4 is 0 Å². The lowest BCUT2D eigenvalue weighted by Crippen LogP contribution is -1.91. The van der Waals surface area contributed by atoms with Crippen molar-refractivity contribution in [1.82, 2.24) is 4.98 Å². The highest BCUT2D eigenvalue weighted by Crippen LogP contribution is 2.33. The predicted molar refractivity (Wildman–Crippen MR) is 94.7 cm³/mol. The maximum Gasteiger partial charge on any atom is 0.159 e. The van der Waals surface area contributed by atoms with Gasteiger partial charge in [0.1, 0.15) is 0 Å². The first-order chi connectivity index (χ1) is 11.2. The van der Waals surface area contributed by atoms with Gasteiger partial charge in [0, 0.05) is 22.5 Å². The standard InChI is InChI=1S/C21H15NO/c1-14(23)15-7-9-16(10-8-15)19-6-2-4-17-11-12-18-5-3-13-22-21(18)20(17)19/h2-13H,1H3. The molecule has 23 heavy (non-hydrogen) atoms. The highest BCUT2D eigenvalue weighted by atomic mass is 16.1. The van der Waals surface area contributed by atoms with E-state index in [0.29, 0.717) is 0 Å². The van der Waals surface area contributed by atoms with Crippen LogP contribution in [-0.2, 0) is 0 Å². The minimum atomic E-state index is 0.0848. The Hall–Kier alpha value is -3.00. The molecule has 0 spiro atoms. The molecule has 2 nitrogen and oxygen atoms in total. The summed E-state index contributed by atoms with van der Waals surface area (Å²) in [5, 5.41) is 3.46. The van der Waals surface area contributed by atoms with Gasteiger partial charge in [0.2, 0.25) is 0 Å². The van der Waals surface area contributed by atoms with Crippen molar-refractivity contribution >= 4 is 27.5 Å². The molecule has 2 heteroatoms. The van der Waals surface area contributed by atoms with Gasteiger partial charge < -0.3 is 0 Å². The number of carbonyl (C=O) groups excluding carboxylic acids is 1. The highest BCUT2D eigenvalue weighted by molar-refractivity contribution is 6.12. The fourth-order valence-electron chi connectivity index (χ4n) is 3.04. The first-order valence-electron chi connectivity index (χ1n) is 7.62. The second-order valence-corrected chi connectivity index (χ2v) is 5.68. The van der Waals surface area contributed by atoms with Crippen molar-refractivity contribution in [1.29, 1.82) is 0 Å². The minimum Gasteiger partial charge on any atom is -0.295 e. The van der Waals surface area contributed by atoms with E-state index in [0.717, 1.165) is 33.0 Å². The number of Topliss-reactive ketones (excluding diaryl/α,β-unsaturated/α-hetero) is 1. The third-order valence-corrected chi connectivity index (χ3v) is 4.22. The zero-order valence-electron chi connectivity index (χ0n) is 12.8. The SMILES string of the molecule is CC(=O)c1ccc(-c2cccc3ccc4cccnc4c23)cc1. The van der Waals surface area contributed by atoms with Crippen molar-refractivity contribution in [3.63, 3.8) is 0 Å². The minimum absolute atomic E-state index is 0.0848. The van der Waals surface area contributed by atoms with Gasteiger partial charge in [-0.05, 0) is 29.5 Å². The number of hydrogen-bond donors (Lipinski definition) is 0. The lowest BCUT2D eigenvalue weighted by atomic mass is 9.95. The maximum atomic E-state index is 11.5. The van der Waals surface area contributed by atoms with E-state index in [-0.39, 0.29) is 5.78 Å². The molecular formula is C21H15NO. The molecule has 0 N–H and O–H groups in total. The summed E-state index contributed by atoms with van der Waals surface area (Å²) in [6.45, 7) is 1.59. The summed E-state index contributed by atoms with van der Waals surface area (Å²) < 4.78 is 0. The van der Waals surface area contributed by atoms with Crippen LogP contribution in [0.15, 0.2) is 72.9 Å². The van der Waals surface area contributed by atoms with Gasteiger partial charge in [0.05, 0.1) is 5.52 Å². The number of carbonyl (C=O) groups is 1. The molecule has 4 rings (SSSR count). The average Bonchev–Trinajstić information content (AvgIpc) is 2.61. The predicted octanol–water partition coefficient (Wildman–Crippen LogP) is 5.26. The number of hydrogen-bond acceptors (Lipinski definition) is 2. The Morgan fingerprint density at radius 1 is 0.826 bits per heavy atom. The first kappa shape index (κ1) is 13.6. The smallest absolute Gasteiger partial charge is 0.159 e. The number of pyridine rings is 1. The molecule has 0 radical (unpaired) electrons. The van der Waals surface area contributed by atoms with Crippen LogP contribution in [0.4, 0.5) is 0 Å². The zero-order chi connectivity index (χ0) is 15.8. The molecule has 0 saturated heterocycles. The van der Waals surface area contributed by atoms with Gasteiger partial charge in [0.15, 0.2) is 5.78 Å². The molecule has 4 aromatic rings. The van der Waals surface area contributed by atoms with Crippen molar-refractivity contribution < 1.29 is 4.79 Å². The van der Waals surface area contributed by atoms with Gasteiger partial charge in [-0.2, -0.15) is 0 Å². The zero-order valence-corrected chi connectivity index (χ0v) is 12.8. The Morgan fingerprint density at radius 2 is 1.57 bits per heavy atom. The summed E-state index contributed by atoms with van der Waals surface area (Å²) in [6, 6.07) is 22.3. The van der Waals surface area contributed by atoms with Gasteiger partial charge in [-0.3, -0.25) is 9.78 Å². The third-order valence-electron chi connectivity index (χ3n) is 4.22. The van der Waals surface area contributed by atoms with Gasteiger partial charge in [0.25, 0.3) is 0 Å². The largest absolute Gasteiger partial charge is 0.295 e. The molecule has 0 bridgehead atoms. The molecule has 0 aliphatic heterocycles. The van der Waals surface area contributed by atoms with E-state index in [1.165, 1.54) is 5.39 Å². The highest BCUT2D eigenvalue weighted by Gasteiger charge is 2.09. The number of benzene rings is 3. The van der Waals surface area contributed by atoms with Crippen molar-refractivity contribution in [3.8, 4) is 11.1 Å². The quantitative estimate of drug-likeness (QED) is 0.373. The van der Waals surface area contributed by atoms with Crippen LogP contribution in [-0.4, -0.2) is 10.8 Å². The summed E-state index contributed by atoms with van der Waals surface area (Å²) in [5.74, 6) is 0.0848. The monoisotopic (exact) mass is 297 g/mol. The van der Waals surface area contributed by atoms with Crippen LogP contribution in [0.3, 0.4) is 0 Å². The van der Waals surface area contributed by atoms with Crippen molar-refractivity contribution in [2.24, 2.45) is 0 Å². The van der Waals surface area contributed by atoms with Crippen LogP contribution in [0, 0.1) is 0 Å². The van der Waals surface area contributed by atoms with E-state index < -0.39 is 0 Å². The van der Waals surface area contributed by atoms with Crippen molar-refractivity contribution in [2.45, 2.75) is 6.92 Å². The molecule has 1 heterocycles. The van der Waals surface area contributed by atoms with E-state index in [2.05, 4.69) is 41.4 Å². The number of nitrogens with zero attached hydrogens (tertiary/aromatic N) is 1. The van der Waals surface area contributed by atoms with Crippen LogP contribution in [0.1, 0.15) is 17.3 Å². The number of fused-ring (bicyclic) bond motifs is 3. The van der Waals surface area contributed by atoms with E-state index in [4.69, 9.17) is 0 Å². The van der Waals surface area contributed by atoms with E-state index >= 15 is 0 Å². The average molecular weight is 297 g/mol. The Morgan fingerprint density at radius 3 is 2.35 bits per heavy atom. The number of aromatic nitrogens is 1. The lowest BCUT2D eigenvalue weighted by Gasteiger charge is -2.10. The van der Waals surface area contributed by atoms with E-state index in [1.807, 2.05) is 36.5 Å². The summed E-state index contributed by atoms with van der Waals surface area (Å²) in [7, 11) is 0. The van der Waals surface area contributed by atoms with Crippen molar-refractivity contribution in [3.05, 3.63) is 78.5 Å². The molecule has 3 aromatic carbocycles. The molecule has 0 unspecified atom stereocenters. The topological polar surface area (TPSA) is 30.0 Å². The molecule has 110 valence electrons. The van der Waals surface area contributed by atoms with Crippen LogP contribution in [0.2, 0.25) is 0 Å². The molecule has 1 aromatic heterocycles. The summed E-state index contributed by atoms with van der Waals surface area (Å²) >= 11 is 0. The summed E-state index contributed by atoms with van der Waals surface area (Å²) in [5.41, 5.74) is 3.98. The molecular weight excluding hydrogens is 282 g/mol. The fourth-order valence-corrected chi connectivity index (χ4v) is 3.04. The third kappa shape index (κ3) is 2.29. The second-order valence-electron chi connectivity index (χ2n) is 5.68. The molecule has 0 saturated carbocycles. The van der Waals surface area contributed by atoms with E-state index in [1.54, 1.807) is 6.92 Å². The number of ketones is 1. The normalized spacial score (nSPS) is 11.0. The van der Waals surface area contributed by atoms with Crippen LogP contribution in [0.5, 0.6) is 0 Å². The van der Waals surface area contributed by atoms with Crippen molar-refractivity contribution in [2.75, 3.05) is 0 Å². The first-order valence-corrected chi connectivity index (χ1v) is 7.62. The Bertz CT molecular complexity index is 1030. The van der Waals surface area contributed by atoms with Crippen LogP contribution in [0.25, 0.3) is 32.8 Å². The molecule has 0 amide bonds. The molecule has 0 aliphatic carbocycles. The second kappa shape index (κ2) is 5.33. The maximum absolute atomic E-state index is 11.5. The lowest BCUT2D eigenvalue weighted by molar-refractivity contribution is 0.101.